The Morgan fingerprint density at radius 3 is 2.55 bits per heavy atom. The zero-order valence-electron chi connectivity index (χ0n) is 6.21. The monoisotopic (exact) mass is 155 g/mol. The number of hydrogen-bond acceptors (Lipinski definition) is 2. The average Bonchev–Trinajstić information content (AvgIpc) is 1.85. The summed E-state index contributed by atoms with van der Waals surface area (Å²) in [5.41, 5.74) is 5.59. The fourth-order valence-electron chi connectivity index (χ4n) is 0.976. The van der Waals surface area contributed by atoms with Crippen LogP contribution in [0.15, 0.2) is 18.2 Å². The van der Waals surface area contributed by atoms with Crippen LogP contribution in [0.4, 0.5) is 4.39 Å². The van der Waals surface area contributed by atoms with E-state index in [0.29, 0.717) is 0 Å². The molecule has 1 aromatic carbocycles. The number of halogens is 1. The van der Waals surface area contributed by atoms with Crippen molar-refractivity contribution in [1.82, 2.24) is 0 Å². The Kier molecular flexibility index (Phi) is 2.10. The number of phenolic OH excluding ortho intramolecular Hbond substituents is 1. The van der Waals surface area contributed by atoms with Gasteiger partial charge in [-0.15, -0.1) is 0 Å². The summed E-state index contributed by atoms with van der Waals surface area (Å²) in [6.07, 6.45) is 0. The van der Waals surface area contributed by atoms with E-state index in [-0.39, 0.29) is 11.3 Å². The Bertz CT molecular complexity index is 240. The maximum absolute atomic E-state index is 12.9. The molecule has 0 aliphatic rings. The van der Waals surface area contributed by atoms with Gasteiger partial charge in [-0.2, -0.15) is 0 Å². The molecule has 3 heteroatoms. The van der Waals surface area contributed by atoms with Crippen LogP contribution in [0.1, 0.15) is 18.5 Å². The molecular formula is C8H10FNO. The van der Waals surface area contributed by atoms with Gasteiger partial charge in [-0.3, -0.25) is 0 Å². The number of nitrogens with two attached hydrogens (primary N) is 1. The molecule has 1 atom stereocenters. The molecule has 60 valence electrons. The third-order valence-corrected chi connectivity index (χ3v) is 1.49. The summed E-state index contributed by atoms with van der Waals surface area (Å²) in [6.45, 7) is 1.62. The van der Waals surface area contributed by atoms with Gasteiger partial charge in [-0.25, -0.2) is 4.39 Å². The van der Waals surface area contributed by atoms with Crippen LogP contribution in [0.3, 0.4) is 0 Å². The second-order valence-corrected chi connectivity index (χ2v) is 2.46. The van der Waals surface area contributed by atoms with Crippen molar-refractivity contribution in [2.45, 2.75) is 13.0 Å². The Morgan fingerprint density at radius 1 is 1.55 bits per heavy atom. The molecule has 1 aromatic rings. The zero-order chi connectivity index (χ0) is 8.43. The van der Waals surface area contributed by atoms with Gasteiger partial charge >= 0.3 is 0 Å². The first kappa shape index (κ1) is 8.01. The van der Waals surface area contributed by atoms with Crippen molar-refractivity contribution in [1.29, 1.82) is 0 Å². The molecule has 0 aliphatic carbocycles. The predicted octanol–water partition coefficient (Wildman–Crippen LogP) is 1.55. The molecule has 0 saturated heterocycles. The topological polar surface area (TPSA) is 46.2 Å². The molecule has 0 aromatic heterocycles. The van der Waals surface area contributed by atoms with Gasteiger partial charge in [-0.1, -0.05) is 6.07 Å². The molecule has 3 N–H and O–H groups in total. The van der Waals surface area contributed by atoms with Gasteiger partial charge in [0.25, 0.3) is 0 Å². The van der Waals surface area contributed by atoms with E-state index in [1.165, 1.54) is 18.2 Å². The van der Waals surface area contributed by atoms with E-state index in [4.69, 9.17) is 10.8 Å². The average molecular weight is 155 g/mol. The highest BCUT2D eigenvalue weighted by Gasteiger charge is 2.10. The summed E-state index contributed by atoms with van der Waals surface area (Å²) in [4.78, 5) is 0. The molecule has 0 amide bonds. The van der Waals surface area contributed by atoms with Crippen molar-refractivity contribution in [3.8, 4) is 5.75 Å². The van der Waals surface area contributed by atoms with Crippen molar-refractivity contribution in [3.63, 3.8) is 0 Å². The van der Waals surface area contributed by atoms with Gasteiger partial charge < -0.3 is 10.8 Å². The molecule has 1 rings (SSSR count). The third kappa shape index (κ3) is 1.49. The SMILES string of the molecule is C[C@@H](N)c1c(O)cccc1F. The summed E-state index contributed by atoms with van der Waals surface area (Å²) in [5, 5.41) is 9.14. The first-order valence-corrected chi connectivity index (χ1v) is 3.36. The summed E-state index contributed by atoms with van der Waals surface area (Å²) in [7, 11) is 0. The van der Waals surface area contributed by atoms with E-state index in [1.807, 2.05) is 0 Å². The van der Waals surface area contributed by atoms with Gasteiger partial charge in [0.1, 0.15) is 11.6 Å². The van der Waals surface area contributed by atoms with Crippen molar-refractivity contribution < 1.29 is 9.50 Å². The Labute approximate surface area is 64.5 Å². The second kappa shape index (κ2) is 2.88. The maximum Gasteiger partial charge on any atom is 0.131 e. The van der Waals surface area contributed by atoms with Crippen molar-refractivity contribution in [2.24, 2.45) is 5.73 Å². The normalized spacial score (nSPS) is 13.0. The van der Waals surface area contributed by atoms with Crippen LogP contribution in [0.2, 0.25) is 0 Å². The minimum atomic E-state index is -0.476. The highest BCUT2D eigenvalue weighted by atomic mass is 19.1. The summed E-state index contributed by atoms with van der Waals surface area (Å²) in [6, 6.07) is 3.66. The van der Waals surface area contributed by atoms with Gasteiger partial charge in [0.15, 0.2) is 0 Å². The lowest BCUT2D eigenvalue weighted by Gasteiger charge is -2.08. The zero-order valence-corrected chi connectivity index (χ0v) is 6.21. The molecule has 0 bridgehead atoms. The van der Waals surface area contributed by atoms with Gasteiger partial charge in [-0.05, 0) is 19.1 Å². The first-order chi connectivity index (χ1) is 5.13. The molecule has 2 nitrogen and oxygen atoms in total. The number of benzene rings is 1. The van der Waals surface area contributed by atoms with Crippen molar-refractivity contribution in [2.75, 3.05) is 0 Å². The molecular weight excluding hydrogens is 145 g/mol. The predicted molar refractivity (Wildman–Crippen MR) is 40.7 cm³/mol. The lowest BCUT2D eigenvalue weighted by atomic mass is 10.1. The molecule has 0 radical (unpaired) electrons. The van der Waals surface area contributed by atoms with E-state index in [2.05, 4.69) is 0 Å². The van der Waals surface area contributed by atoms with Crippen molar-refractivity contribution >= 4 is 0 Å². The highest BCUT2D eigenvalue weighted by molar-refractivity contribution is 5.35. The van der Waals surface area contributed by atoms with Gasteiger partial charge in [0.2, 0.25) is 0 Å². The van der Waals surface area contributed by atoms with E-state index in [0.717, 1.165) is 0 Å². The fraction of sp³-hybridized carbons (Fsp3) is 0.250. The highest BCUT2D eigenvalue weighted by Crippen LogP contribution is 2.24. The van der Waals surface area contributed by atoms with Crippen LogP contribution in [0, 0.1) is 5.82 Å². The molecule has 0 unspecified atom stereocenters. The minimum Gasteiger partial charge on any atom is -0.508 e. The number of rotatable bonds is 1. The Balaban J connectivity index is 3.21. The summed E-state index contributed by atoms with van der Waals surface area (Å²) >= 11 is 0. The maximum atomic E-state index is 12.9. The number of phenols is 1. The lowest BCUT2D eigenvalue weighted by molar-refractivity contribution is 0.452. The Morgan fingerprint density at radius 2 is 2.18 bits per heavy atom. The summed E-state index contributed by atoms with van der Waals surface area (Å²) < 4.78 is 12.9. The standard InChI is InChI=1S/C8H10FNO/c1-5(10)8-6(9)3-2-4-7(8)11/h2-5,11H,10H2,1H3/t5-/m1/s1. The molecule has 0 spiro atoms. The lowest BCUT2D eigenvalue weighted by Crippen LogP contribution is -2.07. The smallest absolute Gasteiger partial charge is 0.131 e. The molecule has 0 saturated carbocycles. The quantitative estimate of drug-likeness (QED) is 0.646. The van der Waals surface area contributed by atoms with E-state index < -0.39 is 11.9 Å². The van der Waals surface area contributed by atoms with Crippen LogP contribution in [0.25, 0.3) is 0 Å². The van der Waals surface area contributed by atoms with E-state index >= 15 is 0 Å². The van der Waals surface area contributed by atoms with Crippen LogP contribution in [-0.4, -0.2) is 5.11 Å². The second-order valence-electron chi connectivity index (χ2n) is 2.46. The molecule has 0 aliphatic heterocycles. The molecule has 0 heterocycles. The summed E-state index contributed by atoms with van der Waals surface area (Å²) in [5.74, 6) is -0.542. The van der Waals surface area contributed by atoms with E-state index in [1.54, 1.807) is 6.92 Å². The third-order valence-electron chi connectivity index (χ3n) is 1.49. The van der Waals surface area contributed by atoms with Crippen LogP contribution < -0.4 is 5.73 Å². The van der Waals surface area contributed by atoms with Crippen LogP contribution >= 0.6 is 0 Å². The van der Waals surface area contributed by atoms with Gasteiger partial charge in [0, 0.05) is 11.6 Å². The van der Waals surface area contributed by atoms with Crippen LogP contribution in [0.5, 0.6) is 5.75 Å². The fourth-order valence-corrected chi connectivity index (χ4v) is 0.976. The molecule has 11 heavy (non-hydrogen) atoms. The van der Waals surface area contributed by atoms with Crippen molar-refractivity contribution in [3.05, 3.63) is 29.6 Å². The number of hydrogen-bond donors (Lipinski definition) is 2. The van der Waals surface area contributed by atoms with Crippen LogP contribution in [-0.2, 0) is 0 Å². The molecule has 0 fully saturated rings. The minimum absolute atomic E-state index is 0.0833. The van der Waals surface area contributed by atoms with Gasteiger partial charge in [0.05, 0.1) is 0 Å². The largest absolute Gasteiger partial charge is 0.508 e. The first-order valence-electron chi connectivity index (χ1n) is 3.36. The Hall–Kier alpha value is -1.09. The number of aromatic hydroxyl groups is 1. The van der Waals surface area contributed by atoms with E-state index in [9.17, 15) is 4.39 Å².